The zero-order chi connectivity index (χ0) is 21.7. The molecule has 0 N–H and O–H groups in total. The number of carbonyl (C=O) groups is 1. The number of rotatable bonds is 3. The molecule has 2 aliphatic heterocycles. The largest absolute Gasteiger partial charge is 0.448 e. The molecule has 3 aromatic rings. The third-order valence-electron chi connectivity index (χ3n) is 7.07. The quantitative estimate of drug-likeness (QED) is 0.570. The van der Waals surface area contributed by atoms with Crippen LogP contribution in [0, 0.1) is 6.92 Å². The molecule has 0 saturated carbocycles. The maximum Gasteiger partial charge on any atom is 0.410 e. The van der Waals surface area contributed by atoms with Crippen molar-refractivity contribution in [2.24, 2.45) is 0 Å². The predicted octanol–water partition coefficient (Wildman–Crippen LogP) is 5.35. The fourth-order valence-corrected chi connectivity index (χ4v) is 5.54. The van der Waals surface area contributed by atoms with Crippen LogP contribution in [-0.2, 0) is 4.74 Å². The summed E-state index contributed by atoms with van der Waals surface area (Å²) in [6.07, 6.45) is 4.75. The Morgan fingerprint density at radius 2 is 1.69 bits per heavy atom. The minimum atomic E-state index is -0.204. The van der Waals surface area contributed by atoms with Crippen molar-refractivity contribution < 1.29 is 9.53 Å². The summed E-state index contributed by atoms with van der Waals surface area (Å²) in [5, 5.41) is 8.54. The molecule has 1 fully saturated rings. The average molecular weight is 424 g/mol. The summed E-state index contributed by atoms with van der Waals surface area (Å²) >= 11 is 0. The summed E-state index contributed by atoms with van der Waals surface area (Å²) < 4.78 is 5.95. The van der Waals surface area contributed by atoms with Crippen molar-refractivity contribution in [2.75, 3.05) is 6.61 Å². The number of hydrogen-bond acceptors (Lipinski definition) is 4. The lowest BCUT2D eigenvalue weighted by Crippen LogP contribution is -2.43. The number of nitrogens with zero attached hydrogens (tertiary/aromatic N) is 3. The molecule has 5 nitrogen and oxygen atoms in total. The van der Waals surface area contributed by atoms with E-state index in [9.17, 15) is 4.79 Å². The predicted molar refractivity (Wildman–Crippen MR) is 123 cm³/mol. The van der Waals surface area contributed by atoms with Crippen LogP contribution in [0.4, 0.5) is 4.79 Å². The molecule has 1 amide bonds. The molecule has 1 aliphatic carbocycles. The van der Waals surface area contributed by atoms with Crippen LogP contribution in [0.1, 0.15) is 47.7 Å². The number of fused-ring (bicyclic) bond motifs is 5. The van der Waals surface area contributed by atoms with Crippen molar-refractivity contribution in [3.05, 3.63) is 89.3 Å². The molecule has 1 aromatic heterocycles. The van der Waals surface area contributed by atoms with Crippen LogP contribution in [0.25, 0.3) is 16.7 Å². The highest BCUT2D eigenvalue weighted by Crippen LogP contribution is 2.45. The van der Waals surface area contributed by atoms with Gasteiger partial charge in [0.1, 0.15) is 6.61 Å². The van der Waals surface area contributed by atoms with Gasteiger partial charge in [-0.1, -0.05) is 54.6 Å². The first kappa shape index (κ1) is 19.2. The Labute approximate surface area is 187 Å². The van der Waals surface area contributed by atoms with Crippen LogP contribution in [0.15, 0.2) is 66.7 Å². The van der Waals surface area contributed by atoms with E-state index in [0.717, 1.165) is 30.7 Å². The van der Waals surface area contributed by atoms with E-state index in [4.69, 9.17) is 4.74 Å². The highest BCUT2D eigenvalue weighted by molar-refractivity contribution is 5.79. The lowest BCUT2D eigenvalue weighted by atomic mass is 9.98. The fourth-order valence-electron chi connectivity index (χ4n) is 5.54. The van der Waals surface area contributed by atoms with Gasteiger partial charge in [-0.3, -0.25) is 4.90 Å². The van der Waals surface area contributed by atoms with Gasteiger partial charge in [0.05, 0.1) is 17.4 Å². The van der Waals surface area contributed by atoms with Gasteiger partial charge in [0.25, 0.3) is 0 Å². The zero-order valence-corrected chi connectivity index (χ0v) is 18.1. The number of benzene rings is 2. The number of aromatic nitrogens is 2. The maximum absolute atomic E-state index is 13.2. The molecule has 160 valence electrons. The van der Waals surface area contributed by atoms with Gasteiger partial charge in [-0.05, 0) is 66.1 Å². The van der Waals surface area contributed by atoms with E-state index in [1.54, 1.807) is 0 Å². The smallest absolute Gasteiger partial charge is 0.410 e. The van der Waals surface area contributed by atoms with Crippen LogP contribution in [0.3, 0.4) is 0 Å². The lowest BCUT2D eigenvalue weighted by molar-refractivity contribution is 0.0866. The Bertz CT molecular complexity index is 1170. The molecule has 2 unspecified atom stereocenters. The van der Waals surface area contributed by atoms with Gasteiger partial charge in [0.15, 0.2) is 0 Å². The summed E-state index contributed by atoms with van der Waals surface area (Å²) in [4.78, 5) is 15.1. The second kappa shape index (κ2) is 7.59. The van der Waals surface area contributed by atoms with Gasteiger partial charge in [-0.2, -0.15) is 10.2 Å². The molecule has 1 saturated heterocycles. The molecule has 5 heteroatoms. The molecule has 32 heavy (non-hydrogen) atoms. The number of amides is 1. The highest BCUT2D eigenvalue weighted by atomic mass is 16.6. The molecule has 2 aromatic carbocycles. The third kappa shape index (κ3) is 3.11. The van der Waals surface area contributed by atoms with Crippen molar-refractivity contribution in [3.8, 4) is 11.1 Å². The first-order chi connectivity index (χ1) is 15.7. The fraction of sp³-hybridized carbons (Fsp3) is 0.296. The molecule has 6 rings (SSSR count). The summed E-state index contributed by atoms with van der Waals surface area (Å²) in [6, 6.07) is 21.1. The minimum Gasteiger partial charge on any atom is -0.448 e. The van der Waals surface area contributed by atoms with Crippen molar-refractivity contribution in [1.82, 2.24) is 15.1 Å². The summed E-state index contributed by atoms with van der Waals surface area (Å²) in [5.41, 5.74) is 7.98. The van der Waals surface area contributed by atoms with Crippen LogP contribution in [0.2, 0.25) is 0 Å². The minimum absolute atomic E-state index is 0.0718. The molecule has 2 atom stereocenters. The third-order valence-corrected chi connectivity index (χ3v) is 7.07. The second-order valence-electron chi connectivity index (χ2n) is 8.97. The SMILES string of the molecule is Cc1ccc(C2=CC3CCC(C2)N3C(=O)OCC2c3ccccc3-c3ccccc32)nn1. The Morgan fingerprint density at radius 1 is 0.969 bits per heavy atom. The van der Waals surface area contributed by atoms with Crippen molar-refractivity contribution >= 4 is 11.7 Å². The van der Waals surface area contributed by atoms with E-state index in [1.807, 2.05) is 24.0 Å². The monoisotopic (exact) mass is 423 g/mol. The van der Waals surface area contributed by atoms with Crippen LogP contribution in [-0.4, -0.2) is 39.9 Å². The first-order valence-electron chi connectivity index (χ1n) is 11.3. The number of hydrogen-bond donors (Lipinski definition) is 0. The molecule has 3 aliphatic rings. The summed E-state index contributed by atoms with van der Waals surface area (Å²) in [7, 11) is 0. The molecular weight excluding hydrogens is 398 g/mol. The van der Waals surface area contributed by atoms with Crippen LogP contribution in [0.5, 0.6) is 0 Å². The Kier molecular flexibility index (Phi) is 4.56. The number of ether oxygens (including phenoxy) is 1. The van der Waals surface area contributed by atoms with Crippen LogP contribution < -0.4 is 0 Å². The average Bonchev–Trinajstić information content (AvgIpc) is 3.29. The number of aryl methyl sites for hydroxylation is 1. The molecule has 2 bridgehead atoms. The topological polar surface area (TPSA) is 55.3 Å². The van der Waals surface area contributed by atoms with E-state index < -0.39 is 0 Å². The standard InChI is InChI=1S/C27H25N3O2/c1-17-10-13-26(29-28-17)18-14-19-11-12-20(15-18)30(19)27(31)32-16-25-23-8-4-2-6-21(23)22-7-3-5-9-24(22)25/h2-10,13-14,19-20,25H,11-12,15-16H2,1H3. The second-order valence-corrected chi connectivity index (χ2v) is 8.97. The maximum atomic E-state index is 13.2. The van der Waals surface area contributed by atoms with Gasteiger partial charge in [-0.15, -0.1) is 0 Å². The highest BCUT2D eigenvalue weighted by Gasteiger charge is 2.41. The van der Waals surface area contributed by atoms with E-state index >= 15 is 0 Å². The number of carbonyl (C=O) groups excluding carboxylic acids is 1. The van der Waals surface area contributed by atoms with E-state index in [1.165, 1.54) is 27.8 Å². The van der Waals surface area contributed by atoms with Crippen molar-refractivity contribution in [2.45, 2.75) is 44.2 Å². The lowest BCUT2D eigenvalue weighted by Gasteiger charge is -2.33. The van der Waals surface area contributed by atoms with E-state index in [0.29, 0.717) is 6.61 Å². The van der Waals surface area contributed by atoms with Crippen molar-refractivity contribution in [3.63, 3.8) is 0 Å². The summed E-state index contributed by atoms with van der Waals surface area (Å²) in [5.74, 6) is 0.0859. The Morgan fingerprint density at radius 3 is 2.34 bits per heavy atom. The van der Waals surface area contributed by atoms with Gasteiger partial charge in [0.2, 0.25) is 0 Å². The van der Waals surface area contributed by atoms with Gasteiger partial charge in [-0.25, -0.2) is 4.79 Å². The molecular formula is C27H25N3O2. The van der Waals surface area contributed by atoms with Gasteiger partial charge in [0, 0.05) is 12.0 Å². The normalized spacial score (nSPS) is 21.2. The summed E-state index contributed by atoms with van der Waals surface area (Å²) in [6.45, 7) is 2.30. The van der Waals surface area contributed by atoms with Crippen molar-refractivity contribution in [1.29, 1.82) is 0 Å². The van der Waals surface area contributed by atoms with E-state index in [-0.39, 0.29) is 24.1 Å². The molecule has 0 spiro atoms. The van der Waals surface area contributed by atoms with Gasteiger partial charge >= 0.3 is 6.09 Å². The van der Waals surface area contributed by atoms with Crippen LogP contribution >= 0.6 is 0 Å². The first-order valence-corrected chi connectivity index (χ1v) is 11.3. The molecule has 3 heterocycles. The Hall–Kier alpha value is -3.47. The van der Waals surface area contributed by atoms with Gasteiger partial charge < -0.3 is 4.74 Å². The Balaban J connectivity index is 1.20. The molecule has 0 radical (unpaired) electrons. The zero-order valence-electron chi connectivity index (χ0n) is 18.1. The van der Waals surface area contributed by atoms with E-state index in [2.05, 4.69) is 64.8 Å².